The maximum absolute atomic E-state index is 12.6. The van der Waals surface area contributed by atoms with Gasteiger partial charge in [-0.3, -0.25) is 0 Å². The predicted octanol–water partition coefficient (Wildman–Crippen LogP) is 1.54. The minimum absolute atomic E-state index is 0.0890. The number of aromatic hydroxyl groups is 1. The Morgan fingerprint density at radius 1 is 1.50 bits per heavy atom. The second-order valence-electron chi connectivity index (χ2n) is 2.42. The predicted molar refractivity (Wildman–Crippen MR) is 39.8 cm³/mol. The van der Waals surface area contributed by atoms with Crippen molar-refractivity contribution in [2.75, 3.05) is 0 Å². The van der Waals surface area contributed by atoms with Gasteiger partial charge < -0.3 is 10.2 Å². The largest absolute Gasteiger partial charge is 0.505 e. The van der Waals surface area contributed by atoms with Crippen LogP contribution in [0, 0.1) is 12.7 Å². The molecule has 2 N–H and O–H groups in total. The summed E-state index contributed by atoms with van der Waals surface area (Å²) in [4.78, 5) is 10.5. The second kappa shape index (κ2) is 2.81. The minimum Gasteiger partial charge on any atom is -0.505 e. The first kappa shape index (κ1) is 8.52. The van der Waals surface area contributed by atoms with Crippen molar-refractivity contribution in [2.45, 2.75) is 6.92 Å². The number of benzene rings is 1. The zero-order valence-corrected chi connectivity index (χ0v) is 6.34. The zero-order chi connectivity index (χ0) is 9.30. The van der Waals surface area contributed by atoms with E-state index < -0.39 is 17.5 Å². The summed E-state index contributed by atoms with van der Waals surface area (Å²) >= 11 is 0. The van der Waals surface area contributed by atoms with Gasteiger partial charge in [-0.05, 0) is 24.6 Å². The lowest BCUT2D eigenvalue weighted by atomic mass is 10.1. The van der Waals surface area contributed by atoms with E-state index >= 15 is 0 Å². The molecule has 0 aliphatic heterocycles. The van der Waals surface area contributed by atoms with Gasteiger partial charge in [-0.15, -0.1) is 0 Å². The molecule has 0 radical (unpaired) electrons. The summed E-state index contributed by atoms with van der Waals surface area (Å²) in [5, 5.41) is 17.4. The number of hydrogen-bond acceptors (Lipinski definition) is 2. The van der Waals surface area contributed by atoms with Crippen LogP contribution < -0.4 is 0 Å². The third-order valence-corrected chi connectivity index (χ3v) is 1.52. The van der Waals surface area contributed by atoms with Crippen LogP contribution in [-0.2, 0) is 0 Å². The van der Waals surface area contributed by atoms with Crippen LogP contribution in [0.3, 0.4) is 0 Å². The monoisotopic (exact) mass is 170 g/mol. The molecule has 0 atom stereocenters. The average molecular weight is 170 g/mol. The molecule has 1 aromatic carbocycles. The summed E-state index contributed by atoms with van der Waals surface area (Å²) in [6.07, 6.45) is 0. The van der Waals surface area contributed by atoms with Crippen molar-refractivity contribution in [3.63, 3.8) is 0 Å². The number of aromatic carboxylic acids is 1. The fourth-order valence-corrected chi connectivity index (χ4v) is 0.892. The van der Waals surface area contributed by atoms with Gasteiger partial charge in [0.05, 0.1) is 5.56 Å². The number of aryl methyl sites for hydroxylation is 1. The number of carboxylic acids is 1. The summed E-state index contributed by atoms with van der Waals surface area (Å²) in [6, 6.07) is 1.88. The summed E-state index contributed by atoms with van der Waals surface area (Å²) in [7, 11) is 0. The molecule has 0 aliphatic rings. The second-order valence-corrected chi connectivity index (χ2v) is 2.42. The molecule has 0 amide bonds. The zero-order valence-electron chi connectivity index (χ0n) is 6.34. The fourth-order valence-electron chi connectivity index (χ4n) is 0.892. The number of hydrogen-bond donors (Lipinski definition) is 2. The van der Waals surface area contributed by atoms with E-state index in [4.69, 9.17) is 10.2 Å². The lowest BCUT2D eigenvalue weighted by molar-refractivity contribution is 0.0695. The van der Waals surface area contributed by atoms with E-state index in [1.165, 1.54) is 6.92 Å². The maximum atomic E-state index is 12.6. The Labute approximate surface area is 68.1 Å². The Balaban J connectivity index is 3.33. The molecule has 0 saturated heterocycles. The third kappa shape index (κ3) is 1.37. The molecular weight excluding hydrogens is 163 g/mol. The lowest BCUT2D eigenvalue weighted by Crippen LogP contribution is -1.99. The summed E-state index contributed by atoms with van der Waals surface area (Å²) in [6.45, 7) is 1.46. The van der Waals surface area contributed by atoms with Crippen molar-refractivity contribution in [2.24, 2.45) is 0 Å². The molecule has 64 valence electrons. The standard InChI is InChI=1S/C8H7FO3/c1-4-2-6(9)7(10)3-5(4)8(11)12/h2-3,10H,1H3,(H,11,12). The van der Waals surface area contributed by atoms with Gasteiger partial charge >= 0.3 is 5.97 Å². The number of rotatable bonds is 1. The molecule has 1 rings (SSSR count). The Bertz CT molecular complexity index is 333. The normalized spacial score (nSPS) is 9.83. The van der Waals surface area contributed by atoms with Crippen molar-refractivity contribution in [3.05, 3.63) is 29.1 Å². The molecule has 0 aromatic heterocycles. The van der Waals surface area contributed by atoms with Gasteiger partial charge in [0, 0.05) is 0 Å². The van der Waals surface area contributed by atoms with Gasteiger partial charge in [0.15, 0.2) is 11.6 Å². The highest BCUT2D eigenvalue weighted by Crippen LogP contribution is 2.20. The highest BCUT2D eigenvalue weighted by molar-refractivity contribution is 5.89. The van der Waals surface area contributed by atoms with Crippen molar-refractivity contribution in [1.29, 1.82) is 0 Å². The van der Waals surface area contributed by atoms with Crippen LogP contribution in [0.2, 0.25) is 0 Å². The Kier molecular flexibility index (Phi) is 1.99. The van der Waals surface area contributed by atoms with Crippen molar-refractivity contribution < 1.29 is 19.4 Å². The highest BCUT2D eigenvalue weighted by atomic mass is 19.1. The quantitative estimate of drug-likeness (QED) is 0.672. The smallest absolute Gasteiger partial charge is 0.336 e. The van der Waals surface area contributed by atoms with Gasteiger partial charge in [-0.1, -0.05) is 0 Å². The topological polar surface area (TPSA) is 57.5 Å². The molecule has 0 aliphatic carbocycles. The van der Waals surface area contributed by atoms with Crippen molar-refractivity contribution in [1.82, 2.24) is 0 Å². The van der Waals surface area contributed by atoms with E-state index in [1.54, 1.807) is 0 Å². The number of carbonyl (C=O) groups is 1. The van der Waals surface area contributed by atoms with E-state index in [0.29, 0.717) is 0 Å². The molecule has 1 aromatic rings. The molecule has 3 nitrogen and oxygen atoms in total. The highest BCUT2D eigenvalue weighted by Gasteiger charge is 2.10. The molecule has 0 unspecified atom stereocenters. The van der Waals surface area contributed by atoms with Crippen LogP contribution >= 0.6 is 0 Å². The first-order chi connectivity index (χ1) is 5.52. The summed E-state index contributed by atoms with van der Waals surface area (Å²) < 4.78 is 12.6. The van der Waals surface area contributed by atoms with Gasteiger partial charge in [-0.2, -0.15) is 0 Å². The van der Waals surface area contributed by atoms with E-state index in [9.17, 15) is 9.18 Å². The van der Waals surface area contributed by atoms with Crippen LogP contribution in [0.1, 0.15) is 15.9 Å². The Morgan fingerprint density at radius 3 is 2.58 bits per heavy atom. The molecule has 4 heteroatoms. The Morgan fingerprint density at radius 2 is 2.08 bits per heavy atom. The SMILES string of the molecule is Cc1cc(F)c(O)cc1C(=O)O. The molecule has 0 fully saturated rings. The first-order valence-electron chi connectivity index (χ1n) is 3.25. The third-order valence-electron chi connectivity index (χ3n) is 1.52. The van der Waals surface area contributed by atoms with E-state index in [0.717, 1.165) is 12.1 Å². The van der Waals surface area contributed by atoms with Gasteiger partial charge in [0.2, 0.25) is 0 Å². The number of carboxylic acid groups (broad SMARTS) is 1. The van der Waals surface area contributed by atoms with Crippen molar-refractivity contribution in [3.8, 4) is 5.75 Å². The van der Waals surface area contributed by atoms with E-state index in [2.05, 4.69) is 0 Å². The fraction of sp³-hybridized carbons (Fsp3) is 0.125. The van der Waals surface area contributed by atoms with Gasteiger partial charge in [0.25, 0.3) is 0 Å². The molecule has 0 spiro atoms. The minimum atomic E-state index is -1.18. The molecule has 0 bridgehead atoms. The van der Waals surface area contributed by atoms with Crippen LogP contribution in [0.5, 0.6) is 5.75 Å². The van der Waals surface area contributed by atoms with E-state index in [-0.39, 0.29) is 11.1 Å². The van der Waals surface area contributed by atoms with Gasteiger partial charge in [-0.25, -0.2) is 9.18 Å². The summed E-state index contributed by atoms with van der Waals surface area (Å²) in [5.41, 5.74) is 0.201. The van der Waals surface area contributed by atoms with Crippen LogP contribution in [0.4, 0.5) is 4.39 Å². The van der Waals surface area contributed by atoms with Crippen LogP contribution in [0.25, 0.3) is 0 Å². The number of halogens is 1. The lowest BCUT2D eigenvalue weighted by Gasteiger charge is -2.01. The Hall–Kier alpha value is -1.58. The number of phenols is 1. The van der Waals surface area contributed by atoms with E-state index in [1.807, 2.05) is 0 Å². The molecule has 0 saturated carbocycles. The maximum Gasteiger partial charge on any atom is 0.336 e. The van der Waals surface area contributed by atoms with Crippen molar-refractivity contribution >= 4 is 5.97 Å². The van der Waals surface area contributed by atoms with Crippen LogP contribution in [-0.4, -0.2) is 16.2 Å². The first-order valence-corrected chi connectivity index (χ1v) is 3.25. The molecule has 12 heavy (non-hydrogen) atoms. The molecular formula is C8H7FO3. The molecule has 0 heterocycles. The number of phenolic OH excluding ortho intramolecular Hbond substituents is 1. The van der Waals surface area contributed by atoms with Gasteiger partial charge in [0.1, 0.15) is 0 Å². The van der Waals surface area contributed by atoms with Crippen LogP contribution in [0.15, 0.2) is 12.1 Å². The average Bonchev–Trinajstić information content (AvgIpc) is 1.96. The summed E-state index contributed by atoms with van der Waals surface area (Å²) in [5.74, 6) is -2.63.